The van der Waals surface area contributed by atoms with Gasteiger partial charge in [-0.25, -0.2) is 15.0 Å². The molecule has 0 radical (unpaired) electrons. The second-order valence-electron chi connectivity index (χ2n) is 5.52. The molecule has 2 aromatic heterocycles. The van der Waals surface area contributed by atoms with Gasteiger partial charge in [0.05, 0.1) is 24.7 Å². The van der Waals surface area contributed by atoms with Crippen molar-refractivity contribution in [3.05, 3.63) is 18.3 Å². The van der Waals surface area contributed by atoms with Crippen molar-refractivity contribution in [1.82, 2.24) is 19.5 Å². The minimum absolute atomic E-state index is 0.0140. The Labute approximate surface area is 133 Å². The fourth-order valence-electron chi connectivity index (χ4n) is 2.66. The molecule has 0 amide bonds. The molecule has 23 heavy (non-hydrogen) atoms. The van der Waals surface area contributed by atoms with E-state index in [0.29, 0.717) is 12.1 Å². The van der Waals surface area contributed by atoms with E-state index < -0.39 is 13.7 Å². The maximum absolute atomic E-state index is 11.3. The lowest BCUT2D eigenvalue weighted by Gasteiger charge is -2.18. The monoisotopic (exact) mass is 342 g/mol. The van der Waals surface area contributed by atoms with Gasteiger partial charge in [-0.3, -0.25) is 9.13 Å². The van der Waals surface area contributed by atoms with Crippen molar-refractivity contribution in [3.63, 3.8) is 0 Å². The standard InChI is InChI=1S/C13H19N4O5P/c1-8-12-13(15-6-14-8)17(7-16-12)11-4-9(20-2)10(22-11)5-21-23(3,18)19/h6-7,9-11H,4-5H2,1-3H3,(H,18,19)/t9-,10+,11+/m0/s1. The van der Waals surface area contributed by atoms with E-state index in [0.717, 1.165) is 17.9 Å². The highest BCUT2D eigenvalue weighted by Crippen LogP contribution is 2.39. The smallest absolute Gasteiger partial charge is 0.325 e. The molecule has 1 aliphatic rings. The van der Waals surface area contributed by atoms with Gasteiger partial charge >= 0.3 is 7.60 Å². The Kier molecular flexibility index (Phi) is 4.48. The van der Waals surface area contributed by atoms with Crippen LogP contribution < -0.4 is 0 Å². The van der Waals surface area contributed by atoms with Crippen LogP contribution in [-0.4, -0.2) is 57.0 Å². The molecule has 9 nitrogen and oxygen atoms in total. The maximum atomic E-state index is 11.3. The van der Waals surface area contributed by atoms with Gasteiger partial charge in [-0.1, -0.05) is 0 Å². The van der Waals surface area contributed by atoms with Crippen molar-refractivity contribution < 1.29 is 23.5 Å². The first kappa shape index (κ1) is 16.5. The summed E-state index contributed by atoms with van der Waals surface area (Å²) in [6.45, 7) is 3.00. The van der Waals surface area contributed by atoms with Crippen LogP contribution in [0.4, 0.5) is 0 Å². The SMILES string of the molecule is CO[C@H]1C[C@H](n2cnc3c(C)ncnc32)O[C@@H]1COP(C)(=O)O. The van der Waals surface area contributed by atoms with E-state index in [1.54, 1.807) is 13.4 Å². The summed E-state index contributed by atoms with van der Waals surface area (Å²) in [5.41, 5.74) is 2.20. The number of rotatable bonds is 5. The molecule has 1 unspecified atom stereocenters. The van der Waals surface area contributed by atoms with E-state index in [9.17, 15) is 9.46 Å². The van der Waals surface area contributed by atoms with Crippen LogP contribution in [0.5, 0.6) is 0 Å². The molecule has 1 N–H and O–H groups in total. The quantitative estimate of drug-likeness (QED) is 0.809. The number of nitrogens with zero attached hydrogens (tertiary/aromatic N) is 4. The predicted molar refractivity (Wildman–Crippen MR) is 81.1 cm³/mol. The molecule has 0 aliphatic carbocycles. The van der Waals surface area contributed by atoms with Gasteiger partial charge < -0.3 is 18.9 Å². The lowest BCUT2D eigenvalue weighted by atomic mass is 10.2. The first-order valence-electron chi connectivity index (χ1n) is 7.16. The van der Waals surface area contributed by atoms with Gasteiger partial charge in [0.25, 0.3) is 0 Å². The third-order valence-corrected chi connectivity index (χ3v) is 4.44. The summed E-state index contributed by atoms with van der Waals surface area (Å²) >= 11 is 0. The Morgan fingerprint density at radius 3 is 2.96 bits per heavy atom. The molecule has 3 heterocycles. The summed E-state index contributed by atoms with van der Waals surface area (Å²) in [5, 5.41) is 0. The Balaban J connectivity index is 1.81. The molecular weight excluding hydrogens is 323 g/mol. The molecule has 2 aromatic rings. The van der Waals surface area contributed by atoms with Crippen LogP contribution in [0.3, 0.4) is 0 Å². The molecule has 126 valence electrons. The van der Waals surface area contributed by atoms with Crippen LogP contribution in [0.15, 0.2) is 12.7 Å². The number of hydrogen-bond donors (Lipinski definition) is 1. The molecule has 1 aliphatic heterocycles. The zero-order valence-corrected chi connectivity index (χ0v) is 14.0. The number of hydrogen-bond acceptors (Lipinski definition) is 7. The molecule has 1 saturated heterocycles. The molecule has 4 atom stereocenters. The van der Waals surface area contributed by atoms with Gasteiger partial charge in [0, 0.05) is 20.2 Å². The molecule has 1 fully saturated rings. The van der Waals surface area contributed by atoms with Gasteiger partial charge in [-0.15, -0.1) is 0 Å². The van der Waals surface area contributed by atoms with Gasteiger partial charge in [0.1, 0.15) is 24.2 Å². The first-order valence-corrected chi connectivity index (χ1v) is 9.18. The second kappa shape index (κ2) is 6.26. The van der Waals surface area contributed by atoms with Crippen molar-refractivity contribution in [1.29, 1.82) is 0 Å². The topological polar surface area (TPSA) is 109 Å². The van der Waals surface area contributed by atoms with E-state index in [4.69, 9.17) is 14.0 Å². The largest absolute Gasteiger partial charge is 0.378 e. The Morgan fingerprint density at radius 1 is 1.48 bits per heavy atom. The summed E-state index contributed by atoms with van der Waals surface area (Å²) in [6.07, 6.45) is 2.70. The molecule has 0 bridgehead atoms. The van der Waals surface area contributed by atoms with Gasteiger partial charge in [-0.05, 0) is 6.92 Å². The van der Waals surface area contributed by atoms with Crippen molar-refractivity contribution in [2.24, 2.45) is 0 Å². The number of aromatic nitrogens is 4. The summed E-state index contributed by atoms with van der Waals surface area (Å²) < 4.78 is 29.4. The summed E-state index contributed by atoms with van der Waals surface area (Å²) in [5.74, 6) is 0. The number of methoxy groups -OCH3 is 1. The van der Waals surface area contributed by atoms with Crippen LogP contribution in [0.25, 0.3) is 11.2 Å². The maximum Gasteiger partial charge on any atom is 0.325 e. The van der Waals surface area contributed by atoms with E-state index in [2.05, 4.69) is 15.0 Å². The normalized spacial score (nSPS) is 27.4. The molecule has 0 saturated carbocycles. The predicted octanol–water partition coefficient (Wildman–Crippen LogP) is 1.27. The molecule has 0 aromatic carbocycles. The number of aryl methyl sites for hydroxylation is 1. The third kappa shape index (κ3) is 3.44. The lowest BCUT2D eigenvalue weighted by Crippen LogP contribution is -2.27. The van der Waals surface area contributed by atoms with Gasteiger partial charge in [0.2, 0.25) is 0 Å². The molecule has 0 spiro atoms. The molecule has 10 heteroatoms. The Hall–Kier alpha value is -1.38. The highest BCUT2D eigenvalue weighted by Gasteiger charge is 2.38. The van der Waals surface area contributed by atoms with Crippen LogP contribution in [0.2, 0.25) is 0 Å². The average Bonchev–Trinajstić information content (AvgIpc) is 3.08. The van der Waals surface area contributed by atoms with Gasteiger partial charge in [0.15, 0.2) is 5.65 Å². The van der Waals surface area contributed by atoms with Crippen LogP contribution in [-0.2, 0) is 18.6 Å². The summed E-state index contributed by atoms with van der Waals surface area (Å²) in [4.78, 5) is 22.0. The third-order valence-electron chi connectivity index (χ3n) is 3.81. The minimum atomic E-state index is -3.56. The van der Waals surface area contributed by atoms with Crippen LogP contribution in [0.1, 0.15) is 18.3 Å². The average molecular weight is 342 g/mol. The number of imidazole rings is 1. The van der Waals surface area contributed by atoms with E-state index >= 15 is 0 Å². The minimum Gasteiger partial charge on any atom is -0.378 e. The van der Waals surface area contributed by atoms with Crippen molar-refractivity contribution in [3.8, 4) is 0 Å². The highest BCUT2D eigenvalue weighted by molar-refractivity contribution is 7.51. The number of fused-ring (bicyclic) bond motifs is 1. The summed E-state index contributed by atoms with van der Waals surface area (Å²) in [7, 11) is -1.98. The fourth-order valence-corrected chi connectivity index (χ4v) is 3.08. The van der Waals surface area contributed by atoms with Crippen molar-refractivity contribution in [2.45, 2.75) is 31.8 Å². The first-order chi connectivity index (χ1) is 10.9. The Morgan fingerprint density at radius 2 is 2.26 bits per heavy atom. The zero-order chi connectivity index (χ0) is 16.6. The van der Waals surface area contributed by atoms with Crippen molar-refractivity contribution in [2.75, 3.05) is 20.4 Å². The van der Waals surface area contributed by atoms with Crippen LogP contribution >= 0.6 is 7.60 Å². The van der Waals surface area contributed by atoms with E-state index in [1.807, 2.05) is 11.5 Å². The lowest BCUT2D eigenvalue weighted by molar-refractivity contribution is -0.0475. The number of ether oxygens (including phenoxy) is 2. The Bertz CT molecular complexity index is 745. The van der Waals surface area contributed by atoms with E-state index in [1.165, 1.54) is 6.33 Å². The van der Waals surface area contributed by atoms with Crippen LogP contribution in [0, 0.1) is 6.92 Å². The summed E-state index contributed by atoms with van der Waals surface area (Å²) in [6, 6.07) is 0. The molecular formula is C13H19N4O5P. The van der Waals surface area contributed by atoms with Crippen molar-refractivity contribution >= 4 is 18.8 Å². The zero-order valence-electron chi connectivity index (χ0n) is 13.1. The highest BCUT2D eigenvalue weighted by atomic mass is 31.2. The second-order valence-corrected chi connectivity index (χ2v) is 7.39. The molecule has 3 rings (SSSR count). The van der Waals surface area contributed by atoms with Gasteiger partial charge in [-0.2, -0.15) is 0 Å². The van der Waals surface area contributed by atoms with E-state index in [-0.39, 0.29) is 18.9 Å². The fraction of sp³-hybridized carbons (Fsp3) is 0.615.